The number of hydrogen-bond donors (Lipinski definition) is 3. The Labute approximate surface area is 630 Å². The molecule has 5 unspecified atom stereocenters. The molecular formula is C85H142O17P2. The van der Waals surface area contributed by atoms with Crippen molar-refractivity contribution in [2.45, 2.75) is 329 Å². The molecule has 3 N–H and O–H groups in total. The molecule has 0 spiro atoms. The van der Waals surface area contributed by atoms with Crippen molar-refractivity contribution in [3.05, 3.63) is 146 Å². The molecule has 0 saturated heterocycles. The predicted molar refractivity (Wildman–Crippen MR) is 427 cm³/mol. The van der Waals surface area contributed by atoms with Gasteiger partial charge in [-0.05, 0) is 141 Å². The Morgan fingerprint density at radius 3 is 0.769 bits per heavy atom. The van der Waals surface area contributed by atoms with Crippen LogP contribution in [0.4, 0.5) is 0 Å². The van der Waals surface area contributed by atoms with Crippen molar-refractivity contribution >= 4 is 39.5 Å². The fourth-order valence-corrected chi connectivity index (χ4v) is 11.9. The second-order valence-corrected chi connectivity index (χ2v) is 29.1. The molecule has 0 radical (unpaired) electrons. The van der Waals surface area contributed by atoms with Crippen molar-refractivity contribution in [1.29, 1.82) is 0 Å². The van der Waals surface area contributed by atoms with Crippen molar-refractivity contribution < 1.29 is 80.2 Å². The first kappa shape index (κ1) is 98.9. The molecule has 0 amide bonds. The lowest BCUT2D eigenvalue weighted by molar-refractivity contribution is -0.161. The number of allylic oxidation sites excluding steroid dienone is 24. The first-order chi connectivity index (χ1) is 50.7. The van der Waals surface area contributed by atoms with E-state index in [4.69, 9.17) is 37.0 Å². The molecule has 0 aromatic carbocycles. The fourth-order valence-electron chi connectivity index (χ4n) is 10.3. The molecule has 0 heterocycles. The molecule has 0 saturated carbocycles. The smallest absolute Gasteiger partial charge is 0.462 e. The van der Waals surface area contributed by atoms with Crippen LogP contribution in [0.1, 0.15) is 310 Å². The highest BCUT2D eigenvalue weighted by Crippen LogP contribution is 2.45. The fraction of sp³-hybridized carbons (Fsp3) is 0.671. The maximum atomic E-state index is 13.1. The van der Waals surface area contributed by atoms with Gasteiger partial charge in [0, 0.05) is 25.7 Å². The average molecular weight is 1500 g/mol. The summed E-state index contributed by atoms with van der Waals surface area (Å²) in [4.78, 5) is 73.1. The van der Waals surface area contributed by atoms with Gasteiger partial charge in [-0.1, -0.05) is 289 Å². The molecule has 0 fully saturated rings. The zero-order valence-electron chi connectivity index (χ0n) is 64.9. The summed E-state index contributed by atoms with van der Waals surface area (Å²) in [6.07, 6.45) is 86.8. The van der Waals surface area contributed by atoms with Crippen molar-refractivity contribution in [2.24, 2.45) is 0 Å². The molecule has 0 aromatic heterocycles. The van der Waals surface area contributed by atoms with Gasteiger partial charge in [0.15, 0.2) is 12.2 Å². The van der Waals surface area contributed by atoms with Crippen LogP contribution in [0, 0.1) is 0 Å². The Balaban J connectivity index is 5.43. The zero-order chi connectivity index (χ0) is 76.0. The highest BCUT2D eigenvalue weighted by atomic mass is 31.2. The van der Waals surface area contributed by atoms with Crippen molar-refractivity contribution in [2.75, 3.05) is 39.6 Å². The number of rotatable bonds is 74. The van der Waals surface area contributed by atoms with Gasteiger partial charge in [0.1, 0.15) is 19.3 Å². The SMILES string of the molecule is CC/C=C\C/C=C\C/C=C\C/C=C\CCCCCCC(=O)OCC(COP(=O)(O)OCC(O)COP(=O)(O)OCC(COC(=O)CCCCCC/C=C\C/C=C\C/C=C\C/C=C\CC)OC(=O)CCCCCCCCCCCCCCC)OC(=O)CCCCCC/C=C\C/C=C\C/C=C\C/C=C\CC. The summed E-state index contributed by atoms with van der Waals surface area (Å²) in [7, 11) is -9.98. The maximum Gasteiger partial charge on any atom is 0.472 e. The van der Waals surface area contributed by atoms with Crippen LogP contribution in [0.2, 0.25) is 0 Å². The Morgan fingerprint density at radius 1 is 0.279 bits per heavy atom. The molecule has 0 aliphatic rings. The van der Waals surface area contributed by atoms with Crippen LogP contribution in [0.3, 0.4) is 0 Å². The standard InChI is InChI=1S/C85H142O17P2/c1-5-9-13-17-21-25-29-33-36-39-42-46-49-53-57-61-65-69-82(87)95-75-80(101-84(89)71-67-63-59-55-51-45-32-28-24-20-16-12-8-4)77-99-103(91,92)97-73-79(86)74-98-104(93,94)100-78-81(102-85(90)72-68-64-60-56-52-48-44-41-38-35-31-27-23-19-15-11-7-3)76-96-83(88)70-66-62-58-54-50-47-43-40-37-34-30-26-22-18-14-10-6-2/h9-11,13-15,21-23,25-27,33-38,42-44,46-48,79-81,86H,5-8,12,16-20,24,28-32,39-41,45,49-78H2,1-4H3,(H,91,92)(H,93,94)/b13-9-,14-10-,15-11-,25-21-,26-22-,27-23-,36-33-,37-34-,38-35-,46-42-,47-43-,48-44-. The number of phosphoric ester groups is 2. The van der Waals surface area contributed by atoms with Crippen molar-refractivity contribution in [3.63, 3.8) is 0 Å². The van der Waals surface area contributed by atoms with E-state index in [1.165, 1.54) is 51.4 Å². The van der Waals surface area contributed by atoms with E-state index in [1.807, 2.05) is 0 Å². The summed E-state index contributed by atoms with van der Waals surface area (Å²) >= 11 is 0. The van der Waals surface area contributed by atoms with E-state index in [-0.39, 0.29) is 25.7 Å². The van der Waals surface area contributed by atoms with Gasteiger partial charge in [-0.3, -0.25) is 37.3 Å². The molecule has 0 bridgehead atoms. The number of aliphatic hydroxyl groups is 1. The van der Waals surface area contributed by atoms with Crippen LogP contribution in [0.15, 0.2) is 146 Å². The van der Waals surface area contributed by atoms with Crippen LogP contribution >= 0.6 is 15.6 Å². The molecule has 5 atom stereocenters. The minimum Gasteiger partial charge on any atom is -0.462 e. The lowest BCUT2D eigenvalue weighted by Gasteiger charge is -2.21. The topological polar surface area (TPSA) is 237 Å². The van der Waals surface area contributed by atoms with Crippen molar-refractivity contribution in [1.82, 2.24) is 0 Å². The summed E-state index contributed by atoms with van der Waals surface area (Å²) < 4.78 is 68.6. The predicted octanol–water partition coefficient (Wildman–Crippen LogP) is 23.4. The quantitative estimate of drug-likeness (QED) is 0.0169. The summed E-state index contributed by atoms with van der Waals surface area (Å²) in [5, 5.41) is 10.6. The number of unbranched alkanes of at least 4 members (excludes halogenated alkanes) is 24. The van der Waals surface area contributed by atoms with Gasteiger partial charge >= 0.3 is 39.5 Å². The van der Waals surface area contributed by atoms with E-state index in [9.17, 15) is 43.2 Å². The van der Waals surface area contributed by atoms with E-state index >= 15 is 0 Å². The Hall–Kier alpha value is -5.06. The monoisotopic (exact) mass is 1500 g/mol. The third kappa shape index (κ3) is 75.2. The number of ether oxygens (including phenoxy) is 4. The highest BCUT2D eigenvalue weighted by molar-refractivity contribution is 7.47. The van der Waals surface area contributed by atoms with Crippen LogP contribution in [0.25, 0.3) is 0 Å². The molecular weight excluding hydrogens is 1350 g/mol. The first-order valence-electron chi connectivity index (χ1n) is 40.1. The van der Waals surface area contributed by atoms with Crippen LogP contribution in [-0.2, 0) is 65.4 Å². The minimum atomic E-state index is -5.00. The average Bonchev–Trinajstić information content (AvgIpc) is 0.910. The number of carbonyl (C=O) groups is 4. The second kappa shape index (κ2) is 76.1. The molecule has 0 aliphatic carbocycles. The van der Waals surface area contributed by atoms with Gasteiger partial charge < -0.3 is 33.8 Å². The Bertz CT molecular complexity index is 2540. The summed E-state index contributed by atoms with van der Waals surface area (Å²) in [5.74, 6) is -2.25. The molecule has 19 heteroatoms. The Kier molecular flexibility index (Phi) is 72.4. The van der Waals surface area contributed by atoms with Crippen LogP contribution in [-0.4, -0.2) is 96.7 Å². The van der Waals surface area contributed by atoms with Gasteiger partial charge in [-0.25, -0.2) is 9.13 Å². The summed E-state index contributed by atoms with van der Waals surface area (Å²) in [6.45, 7) is 4.46. The van der Waals surface area contributed by atoms with Gasteiger partial charge in [-0.2, -0.15) is 0 Å². The van der Waals surface area contributed by atoms with Gasteiger partial charge in [0.05, 0.1) is 26.4 Å². The summed E-state index contributed by atoms with van der Waals surface area (Å²) in [6, 6.07) is 0. The molecule has 104 heavy (non-hydrogen) atoms. The maximum absolute atomic E-state index is 13.1. The highest BCUT2D eigenvalue weighted by Gasteiger charge is 2.30. The largest absolute Gasteiger partial charge is 0.472 e. The second-order valence-electron chi connectivity index (χ2n) is 26.2. The molecule has 594 valence electrons. The third-order valence-corrected chi connectivity index (χ3v) is 18.2. The van der Waals surface area contributed by atoms with E-state index < -0.39 is 97.5 Å². The minimum absolute atomic E-state index is 0.0569. The van der Waals surface area contributed by atoms with Crippen molar-refractivity contribution in [3.8, 4) is 0 Å². The zero-order valence-corrected chi connectivity index (χ0v) is 66.7. The molecule has 0 aromatic rings. The number of hydrogen-bond acceptors (Lipinski definition) is 15. The van der Waals surface area contributed by atoms with E-state index in [2.05, 4.69) is 174 Å². The lowest BCUT2D eigenvalue weighted by atomic mass is 10.0. The number of aliphatic hydroxyl groups excluding tert-OH is 1. The number of carbonyl (C=O) groups excluding carboxylic acids is 4. The number of esters is 4. The third-order valence-electron chi connectivity index (χ3n) is 16.3. The van der Waals surface area contributed by atoms with Gasteiger partial charge in [-0.15, -0.1) is 0 Å². The van der Waals surface area contributed by atoms with E-state index in [0.717, 1.165) is 180 Å². The van der Waals surface area contributed by atoms with Crippen LogP contribution < -0.4 is 0 Å². The molecule has 17 nitrogen and oxygen atoms in total. The van der Waals surface area contributed by atoms with Gasteiger partial charge in [0.25, 0.3) is 0 Å². The normalized spacial score (nSPS) is 14.6. The molecule has 0 aliphatic heterocycles. The van der Waals surface area contributed by atoms with E-state index in [0.29, 0.717) is 25.7 Å². The summed E-state index contributed by atoms with van der Waals surface area (Å²) in [5.41, 5.74) is 0. The number of phosphoric acid groups is 2. The first-order valence-corrected chi connectivity index (χ1v) is 43.1. The van der Waals surface area contributed by atoms with Crippen LogP contribution in [0.5, 0.6) is 0 Å². The molecule has 0 rings (SSSR count). The lowest BCUT2D eigenvalue weighted by Crippen LogP contribution is -2.30. The van der Waals surface area contributed by atoms with Gasteiger partial charge in [0.2, 0.25) is 0 Å². The van der Waals surface area contributed by atoms with E-state index in [1.54, 1.807) is 0 Å². The Morgan fingerprint density at radius 2 is 0.500 bits per heavy atom.